The van der Waals surface area contributed by atoms with Crippen LogP contribution >= 0.6 is 0 Å². The van der Waals surface area contributed by atoms with Gasteiger partial charge in [0, 0.05) is 23.8 Å². The summed E-state index contributed by atoms with van der Waals surface area (Å²) in [5.41, 5.74) is 8.37. The van der Waals surface area contributed by atoms with Gasteiger partial charge in [-0.3, -0.25) is 9.79 Å². The number of aromatic amines is 1. The van der Waals surface area contributed by atoms with Crippen LogP contribution in [0, 0.1) is 0 Å². The van der Waals surface area contributed by atoms with Gasteiger partial charge in [0.2, 0.25) is 0 Å². The van der Waals surface area contributed by atoms with Crippen molar-refractivity contribution in [2.75, 3.05) is 0 Å². The second-order valence-corrected chi connectivity index (χ2v) is 4.27. The molecule has 4 heteroatoms. The van der Waals surface area contributed by atoms with Crippen LogP contribution in [0.25, 0.3) is 5.57 Å². The highest BCUT2D eigenvalue weighted by atomic mass is 16.1. The highest BCUT2D eigenvalue weighted by Gasteiger charge is 2.12. The Balaban J connectivity index is 2.92. The van der Waals surface area contributed by atoms with Gasteiger partial charge in [-0.2, -0.15) is 0 Å². The van der Waals surface area contributed by atoms with Crippen LogP contribution in [0.5, 0.6) is 0 Å². The number of amides is 1. The molecule has 0 saturated carbocycles. The number of allylic oxidation sites excluding steroid dienone is 2. The highest BCUT2D eigenvalue weighted by molar-refractivity contribution is 5.95. The standard InChI is InChI=1S/C15H21N3O/c1-4-6-13-12(15(16)19)10-14(18-13)11(3)7-9-17-8-5-2/h7-10,18H,3-6H2,1-2H3,(H2,16,19)/b9-7-,17-8?. The van der Waals surface area contributed by atoms with Crippen molar-refractivity contribution >= 4 is 17.7 Å². The van der Waals surface area contributed by atoms with Crippen molar-refractivity contribution in [3.63, 3.8) is 0 Å². The number of nitrogens with one attached hydrogen (secondary N) is 1. The number of aromatic nitrogens is 1. The van der Waals surface area contributed by atoms with Crippen LogP contribution in [0.4, 0.5) is 0 Å². The van der Waals surface area contributed by atoms with E-state index in [1.807, 2.05) is 13.1 Å². The lowest BCUT2D eigenvalue weighted by molar-refractivity contribution is 0.0999. The third-order valence-electron chi connectivity index (χ3n) is 2.66. The molecule has 1 amide bonds. The number of hydrogen-bond donors (Lipinski definition) is 2. The molecule has 0 atom stereocenters. The van der Waals surface area contributed by atoms with Gasteiger partial charge in [-0.15, -0.1) is 0 Å². The SMILES string of the molecule is C=C(/C=C\N=CCC)c1cc(C(N)=O)c(CCC)[nH]1. The molecule has 3 N–H and O–H groups in total. The zero-order valence-electron chi connectivity index (χ0n) is 11.6. The van der Waals surface area contributed by atoms with E-state index in [1.165, 1.54) is 0 Å². The molecule has 0 spiro atoms. The molecule has 0 aliphatic carbocycles. The van der Waals surface area contributed by atoms with Gasteiger partial charge < -0.3 is 10.7 Å². The van der Waals surface area contributed by atoms with Crippen LogP contribution in [0.2, 0.25) is 0 Å². The number of aliphatic imine (C=N–C) groups is 1. The summed E-state index contributed by atoms with van der Waals surface area (Å²) in [5.74, 6) is -0.410. The molecule has 4 nitrogen and oxygen atoms in total. The number of rotatable bonds is 7. The van der Waals surface area contributed by atoms with Gasteiger partial charge in [-0.05, 0) is 30.6 Å². The summed E-state index contributed by atoms with van der Waals surface area (Å²) in [6, 6.07) is 1.75. The van der Waals surface area contributed by atoms with Crippen LogP contribution in [-0.4, -0.2) is 17.1 Å². The van der Waals surface area contributed by atoms with E-state index in [-0.39, 0.29) is 0 Å². The summed E-state index contributed by atoms with van der Waals surface area (Å²) >= 11 is 0. The van der Waals surface area contributed by atoms with E-state index < -0.39 is 5.91 Å². The quantitative estimate of drug-likeness (QED) is 0.573. The van der Waals surface area contributed by atoms with E-state index in [9.17, 15) is 4.79 Å². The number of nitrogens with zero attached hydrogens (tertiary/aromatic N) is 1. The van der Waals surface area contributed by atoms with Crippen LogP contribution < -0.4 is 5.73 Å². The molecule has 1 aromatic heterocycles. The van der Waals surface area contributed by atoms with E-state index in [0.717, 1.165) is 36.2 Å². The molecule has 0 saturated heterocycles. The Morgan fingerprint density at radius 1 is 1.53 bits per heavy atom. The number of aryl methyl sites for hydroxylation is 1. The maximum Gasteiger partial charge on any atom is 0.250 e. The Morgan fingerprint density at radius 3 is 2.84 bits per heavy atom. The molecule has 1 heterocycles. The number of nitrogens with two attached hydrogens (primary N) is 1. The van der Waals surface area contributed by atoms with Crippen LogP contribution in [-0.2, 0) is 6.42 Å². The van der Waals surface area contributed by atoms with Crippen LogP contribution in [0.15, 0.2) is 29.9 Å². The zero-order chi connectivity index (χ0) is 14.3. The molecule has 0 aromatic carbocycles. The van der Waals surface area contributed by atoms with Crippen molar-refractivity contribution in [3.8, 4) is 0 Å². The minimum Gasteiger partial charge on any atom is -0.366 e. The molecule has 0 aliphatic rings. The third kappa shape index (κ3) is 4.25. The summed E-state index contributed by atoms with van der Waals surface area (Å²) < 4.78 is 0. The number of carbonyl (C=O) groups excluding carboxylic acids is 1. The number of H-pyrrole nitrogens is 1. The largest absolute Gasteiger partial charge is 0.366 e. The van der Waals surface area contributed by atoms with Crippen molar-refractivity contribution in [2.24, 2.45) is 10.7 Å². The van der Waals surface area contributed by atoms with Crippen molar-refractivity contribution in [2.45, 2.75) is 33.1 Å². The van der Waals surface area contributed by atoms with E-state index in [1.54, 1.807) is 18.3 Å². The van der Waals surface area contributed by atoms with Crippen LogP contribution in [0.1, 0.15) is 48.4 Å². The number of carbonyl (C=O) groups is 1. The molecule has 1 rings (SSSR count). The Bertz CT molecular complexity index is 509. The summed E-state index contributed by atoms with van der Waals surface area (Å²) in [6.45, 7) is 8.03. The molecule has 0 fully saturated rings. The number of hydrogen-bond acceptors (Lipinski definition) is 2. The smallest absolute Gasteiger partial charge is 0.250 e. The minimum atomic E-state index is -0.410. The van der Waals surface area contributed by atoms with Crippen molar-refractivity contribution < 1.29 is 4.79 Å². The van der Waals surface area contributed by atoms with Gasteiger partial charge in [0.05, 0.1) is 5.56 Å². The maximum atomic E-state index is 11.4. The minimum absolute atomic E-state index is 0.410. The predicted octanol–water partition coefficient (Wildman–Crippen LogP) is 3.07. The second-order valence-electron chi connectivity index (χ2n) is 4.27. The van der Waals surface area contributed by atoms with Gasteiger partial charge in [0.15, 0.2) is 0 Å². The average molecular weight is 259 g/mol. The first-order valence-corrected chi connectivity index (χ1v) is 6.49. The van der Waals surface area contributed by atoms with Crippen LogP contribution in [0.3, 0.4) is 0 Å². The van der Waals surface area contributed by atoms with E-state index in [0.29, 0.717) is 5.56 Å². The molecular weight excluding hydrogens is 238 g/mol. The van der Waals surface area contributed by atoms with Gasteiger partial charge in [0.25, 0.3) is 5.91 Å². The molecular formula is C15H21N3O. The lowest BCUT2D eigenvalue weighted by atomic mass is 10.1. The molecule has 1 aromatic rings. The topological polar surface area (TPSA) is 71.2 Å². The van der Waals surface area contributed by atoms with Crippen molar-refractivity contribution in [1.82, 2.24) is 4.98 Å². The summed E-state index contributed by atoms with van der Waals surface area (Å²) in [6.07, 6.45) is 7.95. The molecule has 102 valence electrons. The Morgan fingerprint density at radius 2 is 2.26 bits per heavy atom. The Hall–Kier alpha value is -2.10. The zero-order valence-corrected chi connectivity index (χ0v) is 11.6. The number of primary amides is 1. The van der Waals surface area contributed by atoms with E-state index in [2.05, 4.69) is 23.5 Å². The van der Waals surface area contributed by atoms with Crippen molar-refractivity contribution in [1.29, 1.82) is 0 Å². The molecule has 0 aliphatic heterocycles. The second kappa shape index (κ2) is 7.36. The Labute approximate surface area is 114 Å². The summed E-state index contributed by atoms with van der Waals surface area (Å²) in [5, 5.41) is 0. The van der Waals surface area contributed by atoms with E-state index in [4.69, 9.17) is 5.73 Å². The highest BCUT2D eigenvalue weighted by Crippen LogP contribution is 2.19. The first kappa shape index (κ1) is 15.0. The monoisotopic (exact) mass is 259 g/mol. The lowest BCUT2D eigenvalue weighted by Gasteiger charge is -1.97. The maximum absolute atomic E-state index is 11.4. The fourth-order valence-corrected chi connectivity index (χ4v) is 1.73. The van der Waals surface area contributed by atoms with Gasteiger partial charge >= 0.3 is 0 Å². The fraction of sp³-hybridized carbons (Fsp3) is 0.333. The third-order valence-corrected chi connectivity index (χ3v) is 2.66. The first-order valence-electron chi connectivity index (χ1n) is 6.49. The normalized spacial score (nSPS) is 11.5. The van der Waals surface area contributed by atoms with Gasteiger partial charge in [0.1, 0.15) is 0 Å². The molecule has 0 radical (unpaired) electrons. The molecule has 19 heavy (non-hydrogen) atoms. The predicted molar refractivity (Wildman–Crippen MR) is 80.3 cm³/mol. The molecule has 0 unspecified atom stereocenters. The lowest BCUT2D eigenvalue weighted by Crippen LogP contribution is -2.12. The van der Waals surface area contributed by atoms with Crippen molar-refractivity contribution in [3.05, 3.63) is 41.9 Å². The van der Waals surface area contributed by atoms with Gasteiger partial charge in [-0.1, -0.05) is 26.8 Å². The summed E-state index contributed by atoms with van der Waals surface area (Å²) in [4.78, 5) is 18.6. The Kier molecular flexibility index (Phi) is 5.79. The first-order chi connectivity index (χ1) is 9.10. The fourth-order valence-electron chi connectivity index (χ4n) is 1.73. The average Bonchev–Trinajstić information content (AvgIpc) is 2.79. The summed E-state index contributed by atoms with van der Waals surface area (Å²) in [7, 11) is 0. The van der Waals surface area contributed by atoms with E-state index >= 15 is 0 Å². The molecule has 0 bridgehead atoms. The van der Waals surface area contributed by atoms with Gasteiger partial charge in [-0.25, -0.2) is 0 Å².